The fraction of sp³-hybridized carbons (Fsp3) is 0.722. The molecule has 0 aliphatic rings. The molecule has 0 saturated carbocycles. The molecule has 172 valence electrons. The van der Waals surface area contributed by atoms with Gasteiger partial charge in [0.25, 0.3) is 0 Å². The summed E-state index contributed by atoms with van der Waals surface area (Å²) in [6.07, 6.45) is 0.143. The minimum Gasteiger partial charge on any atom is -0.480 e. The Bertz CT molecular complexity index is 645. The van der Waals surface area contributed by atoms with Crippen LogP contribution in [0.1, 0.15) is 40.5 Å². The van der Waals surface area contributed by atoms with Crippen LogP contribution in [0.3, 0.4) is 0 Å². The number of carbonyl (C=O) groups is 5. The van der Waals surface area contributed by atoms with Crippen molar-refractivity contribution in [2.75, 3.05) is 5.75 Å². The Morgan fingerprint density at radius 2 is 1.47 bits per heavy atom. The summed E-state index contributed by atoms with van der Waals surface area (Å²) in [5.41, 5.74) is 10.7. The lowest BCUT2D eigenvalue weighted by Crippen LogP contribution is -2.59. The lowest BCUT2D eigenvalue weighted by atomic mass is 9.97. The van der Waals surface area contributed by atoms with Gasteiger partial charge in [0.1, 0.15) is 18.1 Å². The number of hydrogen-bond acceptors (Lipinski definition) is 7. The van der Waals surface area contributed by atoms with Crippen molar-refractivity contribution in [3.05, 3.63) is 0 Å². The second kappa shape index (κ2) is 13.1. The molecule has 11 nitrogen and oxygen atoms in total. The van der Waals surface area contributed by atoms with E-state index in [0.29, 0.717) is 6.42 Å². The number of carboxylic acid groups (broad SMARTS) is 1. The first kappa shape index (κ1) is 27.7. The van der Waals surface area contributed by atoms with Crippen LogP contribution in [0.2, 0.25) is 0 Å². The summed E-state index contributed by atoms with van der Waals surface area (Å²) in [6.45, 7) is 6.80. The van der Waals surface area contributed by atoms with Gasteiger partial charge in [-0.3, -0.25) is 19.2 Å². The van der Waals surface area contributed by atoms with Gasteiger partial charge in [0, 0.05) is 5.75 Å². The highest BCUT2D eigenvalue weighted by molar-refractivity contribution is 7.80. The summed E-state index contributed by atoms with van der Waals surface area (Å²) in [5.74, 6) is -4.84. The SMILES string of the molecule is CCC(C)C(NC(=O)C(N)CC(N)=O)C(=O)NC(CS)C(=O)NC(C(=O)O)C(C)C. The zero-order chi connectivity index (χ0) is 23.6. The van der Waals surface area contributed by atoms with Gasteiger partial charge in [-0.2, -0.15) is 12.6 Å². The molecule has 0 spiro atoms. The predicted molar refractivity (Wildman–Crippen MR) is 113 cm³/mol. The molecule has 0 aromatic heterocycles. The fourth-order valence-electron chi connectivity index (χ4n) is 2.49. The molecule has 0 saturated heterocycles. The van der Waals surface area contributed by atoms with E-state index in [-0.39, 0.29) is 24.0 Å². The molecule has 0 aromatic carbocycles. The zero-order valence-corrected chi connectivity index (χ0v) is 18.6. The van der Waals surface area contributed by atoms with Gasteiger partial charge in [0.05, 0.1) is 12.5 Å². The van der Waals surface area contributed by atoms with Gasteiger partial charge in [0.2, 0.25) is 23.6 Å². The molecule has 0 radical (unpaired) electrons. The average Bonchev–Trinajstić information content (AvgIpc) is 2.65. The van der Waals surface area contributed by atoms with Crippen LogP contribution in [-0.2, 0) is 24.0 Å². The average molecular weight is 448 g/mol. The molecule has 0 aromatic rings. The molecular weight excluding hydrogens is 414 g/mol. The van der Waals surface area contributed by atoms with E-state index in [2.05, 4.69) is 28.6 Å². The van der Waals surface area contributed by atoms with Crippen LogP contribution < -0.4 is 27.4 Å². The normalized spacial score (nSPS) is 16.0. The van der Waals surface area contributed by atoms with Crippen LogP contribution in [-0.4, -0.2) is 64.6 Å². The molecule has 5 atom stereocenters. The number of nitrogens with one attached hydrogen (secondary N) is 3. The van der Waals surface area contributed by atoms with E-state index in [1.54, 1.807) is 20.8 Å². The molecule has 0 aliphatic carbocycles. The highest BCUT2D eigenvalue weighted by atomic mass is 32.1. The minimum atomic E-state index is -1.21. The predicted octanol–water partition coefficient (Wildman–Crippen LogP) is -1.64. The molecular formula is C18H33N5O6S. The van der Waals surface area contributed by atoms with E-state index in [9.17, 15) is 29.1 Å². The van der Waals surface area contributed by atoms with Crippen molar-refractivity contribution in [3.8, 4) is 0 Å². The van der Waals surface area contributed by atoms with Crippen LogP contribution in [0.4, 0.5) is 0 Å². The molecule has 8 N–H and O–H groups in total. The summed E-state index contributed by atoms with van der Waals surface area (Å²) in [5, 5.41) is 16.6. The smallest absolute Gasteiger partial charge is 0.326 e. The van der Waals surface area contributed by atoms with Crippen molar-refractivity contribution in [1.82, 2.24) is 16.0 Å². The molecule has 0 aliphatic heterocycles. The molecule has 0 bridgehead atoms. The van der Waals surface area contributed by atoms with Crippen LogP contribution in [0.25, 0.3) is 0 Å². The maximum atomic E-state index is 12.8. The third-order valence-electron chi connectivity index (χ3n) is 4.60. The maximum Gasteiger partial charge on any atom is 0.326 e. The number of amides is 4. The molecule has 30 heavy (non-hydrogen) atoms. The number of carboxylic acids is 1. The number of hydrogen-bond donors (Lipinski definition) is 7. The Morgan fingerprint density at radius 3 is 1.87 bits per heavy atom. The Kier molecular flexibility index (Phi) is 12.0. The Balaban J connectivity index is 5.31. The van der Waals surface area contributed by atoms with Crippen molar-refractivity contribution < 1.29 is 29.1 Å². The Morgan fingerprint density at radius 1 is 0.933 bits per heavy atom. The standard InChI is InChI=1S/C18H33N5O6S/c1-5-9(4)14(23-15(25)10(19)6-12(20)24)17(27)21-11(7-30)16(26)22-13(8(2)3)18(28)29/h8-11,13-14,30H,5-7,19H2,1-4H3,(H2,20,24)(H,21,27)(H,22,26)(H,23,25)(H,28,29). The van der Waals surface area contributed by atoms with E-state index < -0.39 is 53.8 Å². The highest BCUT2D eigenvalue weighted by Gasteiger charge is 2.32. The Labute approximate surface area is 181 Å². The lowest BCUT2D eigenvalue weighted by molar-refractivity contribution is -0.143. The number of primary amides is 1. The summed E-state index contributed by atoms with van der Waals surface area (Å²) in [4.78, 5) is 59.7. The van der Waals surface area contributed by atoms with Gasteiger partial charge in [0.15, 0.2) is 0 Å². The van der Waals surface area contributed by atoms with Gasteiger partial charge < -0.3 is 32.5 Å². The van der Waals surface area contributed by atoms with Crippen LogP contribution in [0.5, 0.6) is 0 Å². The summed E-state index contributed by atoms with van der Waals surface area (Å²) < 4.78 is 0. The third kappa shape index (κ3) is 8.99. The van der Waals surface area contributed by atoms with E-state index in [0.717, 1.165) is 0 Å². The number of thiol groups is 1. The highest BCUT2D eigenvalue weighted by Crippen LogP contribution is 2.10. The molecule has 4 amide bonds. The van der Waals surface area contributed by atoms with Crippen LogP contribution >= 0.6 is 12.6 Å². The third-order valence-corrected chi connectivity index (χ3v) is 4.96. The maximum absolute atomic E-state index is 12.8. The van der Waals surface area contributed by atoms with Gasteiger partial charge in [-0.1, -0.05) is 34.1 Å². The van der Waals surface area contributed by atoms with Crippen molar-refractivity contribution in [2.24, 2.45) is 23.3 Å². The summed E-state index contributed by atoms with van der Waals surface area (Å²) >= 11 is 4.06. The second-order valence-corrected chi connectivity index (χ2v) is 7.83. The van der Waals surface area contributed by atoms with Gasteiger partial charge in [-0.15, -0.1) is 0 Å². The van der Waals surface area contributed by atoms with E-state index in [1.165, 1.54) is 0 Å². The molecule has 12 heteroatoms. The Hall–Kier alpha value is -2.34. The number of aliphatic carboxylic acids is 1. The van der Waals surface area contributed by atoms with Crippen molar-refractivity contribution in [2.45, 2.75) is 64.7 Å². The van der Waals surface area contributed by atoms with Crippen molar-refractivity contribution >= 4 is 42.2 Å². The number of rotatable bonds is 13. The summed E-state index contributed by atoms with van der Waals surface area (Å²) in [6, 6.07) is -4.50. The fourth-order valence-corrected chi connectivity index (χ4v) is 2.75. The lowest BCUT2D eigenvalue weighted by Gasteiger charge is -2.27. The van der Waals surface area contributed by atoms with E-state index >= 15 is 0 Å². The molecule has 0 rings (SSSR count). The number of carbonyl (C=O) groups excluding carboxylic acids is 4. The van der Waals surface area contributed by atoms with Crippen LogP contribution in [0.15, 0.2) is 0 Å². The van der Waals surface area contributed by atoms with Crippen molar-refractivity contribution in [1.29, 1.82) is 0 Å². The van der Waals surface area contributed by atoms with Gasteiger partial charge in [-0.05, 0) is 11.8 Å². The first-order chi connectivity index (χ1) is 13.8. The van der Waals surface area contributed by atoms with E-state index in [4.69, 9.17) is 11.5 Å². The quantitative estimate of drug-likeness (QED) is 0.164. The largest absolute Gasteiger partial charge is 0.480 e. The van der Waals surface area contributed by atoms with Crippen LogP contribution in [0, 0.1) is 11.8 Å². The second-order valence-electron chi connectivity index (χ2n) is 7.46. The first-order valence-corrected chi connectivity index (χ1v) is 10.3. The summed E-state index contributed by atoms with van der Waals surface area (Å²) in [7, 11) is 0. The molecule has 5 unspecified atom stereocenters. The zero-order valence-electron chi connectivity index (χ0n) is 17.7. The molecule has 0 fully saturated rings. The van der Waals surface area contributed by atoms with Crippen molar-refractivity contribution in [3.63, 3.8) is 0 Å². The first-order valence-electron chi connectivity index (χ1n) is 9.64. The topological polar surface area (TPSA) is 194 Å². The van der Waals surface area contributed by atoms with Gasteiger partial charge in [-0.25, -0.2) is 4.79 Å². The monoisotopic (exact) mass is 447 g/mol. The van der Waals surface area contributed by atoms with Gasteiger partial charge >= 0.3 is 5.97 Å². The number of nitrogens with two attached hydrogens (primary N) is 2. The van der Waals surface area contributed by atoms with E-state index in [1.807, 2.05) is 6.92 Å². The molecule has 0 heterocycles. The minimum absolute atomic E-state index is 0.0929.